The SMILES string of the molecule is CC(C)C(N)C(=O)NC(CCCN=C(N)N)C(=O)NC(CCCN=C(N)N)C(=O)O. The van der Waals surface area contributed by atoms with Gasteiger partial charge in [0.05, 0.1) is 6.04 Å². The van der Waals surface area contributed by atoms with Gasteiger partial charge < -0.3 is 44.4 Å². The van der Waals surface area contributed by atoms with E-state index in [2.05, 4.69) is 20.6 Å². The summed E-state index contributed by atoms with van der Waals surface area (Å²) in [7, 11) is 0. The van der Waals surface area contributed by atoms with Crippen molar-refractivity contribution in [2.45, 2.75) is 57.7 Å². The number of carboxylic acids is 1. The van der Waals surface area contributed by atoms with Crippen LogP contribution in [-0.2, 0) is 14.4 Å². The van der Waals surface area contributed by atoms with Crippen molar-refractivity contribution in [1.29, 1.82) is 0 Å². The molecule has 172 valence electrons. The van der Waals surface area contributed by atoms with Crippen LogP contribution >= 0.6 is 0 Å². The third-order valence-electron chi connectivity index (χ3n) is 4.16. The average Bonchev–Trinajstić information content (AvgIpc) is 2.64. The lowest BCUT2D eigenvalue weighted by Gasteiger charge is -2.23. The van der Waals surface area contributed by atoms with Gasteiger partial charge in [0.15, 0.2) is 11.9 Å². The molecule has 0 saturated carbocycles. The molecule has 13 N–H and O–H groups in total. The minimum Gasteiger partial charge on any atom is -0.480 e. The van der Waals surface area contributed by atoms with Crippen LogP contribution in [0.15, 0.2) is 9.98 Å². The molecular formula is C17H35N9O4. The summed E-state index contributed by atoms with van der Waals surface area (Å²) in [6, 6.07) is -2.97. The maximum absolute atomic E-state index is 12.7. The van der Waals surface area contributed by atoms with Gasteiger partial charge in [0.2, 0.25) is 11.8 Å². The summed E-state index contributed by atoms with van der Waals surface area (Å²) in [5, 5.41) is 14.4. The van der Waals surface area contributed by atoms with Crippen molar-refractivity contribution in [1.82, 2.24) is 10.6 Å². The molecule has 13 nitrogen and oxygen atoms in total. The quantitative estimate of drug-likeness (QED) is 0.0801. The highest BCUT2D eigenvalue weighted by molar-refractivity contribution is 5.91. The maximum atomic E-state index is 12.7. The van der Waals surface area contributed by atoms with Gasteiger partial charge in [0, 0.05) is 13.1 Å². The Morgan fingerprint density at radius 2 is 1.27 bits per heavy atom. The fraction of sp³-hybridized carbons (Fsp3) is 0.706. The van der Waals surface area contributed by atoms with Crippen molar-refractivity contribution < 1.29 is 19.5 Å². The summed E-state index contributed by atoms with van der Waals surface area (Å²) in [5.74, 6) is -2.69. The first-order chi connectivity index (χ1) is 14.0. The van der Waals surface area contributed by atoms with Gasteiger partial charge in [0.25, 0.3) is 0 Å². The number of guanidine groups is 2. The van der Waals surface area contributed by atoms with Gasteiger partial charge in [-0.05, 0) is 31.6 Å². The second-order valence-electron chi connectivity index (χ2n) is 7.13. The molecule has 0 rings (SSSR count). The molecule has 30 heavy (non-hydrogen) atoms. The molecule has 0 aromatic rings. The zero-order valence-corrected chi connectivity index (χ0v) is 17.5. The number of nitrogens with two attached hydrogens (primary N) is 5. The molecule has 0 aromatic carbocycles. The predicted octanol–water partition coefficient (Wildman–Crippen LogP) is -2.87. The van der Waals surface area contributed by atoms with Crippen molar-refractivity contribution in [3.05, 3.63) is 0 Å². The first-order valence-corrected chi connectivity index (χ1v) is 9.65. The number of hydrogen-bond donors (Lipinski definition) is 8. The number of aliphatic imine (C=N–C) groups is 2. The van der Waals surface area contributed by atoms with Gasteiger partial charge in [-0.3, -0.25) is 19.6 Å². The Labute approximate surface area is 175 Å². The van der Waals surface area contributed by atoms with Gasteiger partial charge in [-0.15, -0.1) is 0 Å². The van der Waals surface area contributed by atoms with Crippen LogP contribution in [0.2, 0.25) is 0 Å². The molecular weight excluding hydrogens is 394 g/mol. The fourth-order valence-electron chi connectivity index (χ4n) is 2.38. The van der Waals surface area contributed by atoms with Crippen LogP contribution in [0.3, 0.4) is 0 Å². The Balaban J connectivity index is 5.10. The Bertz CT molecular complexity index is 629. The van der Waals surface area contributed by atoms with Crippen molar-refractivity contribution in [3.63, 3.8) is 0 Å². The minimum atomic E-state index is -1.21. The molecule has 0 fully saturated rings. The van der Waals surface area contributed by atoms with Gasteiger partial charge >= 0.3 is 5.97 Å². The second kappa shape index (κ2) is 14.0. The Hall–Kier alpha value is -3.09. The first kappa shape index (κ1) is 26.9. The molecule has 0 bridgehead atoms. The Morgan fingerprint density at radius 3 is 1.67 bits per heavy atom. The van der Waals surface area contributed by atoms with E-state index in [0.29, 0.717) is 12.8 Å². The summed E-state index contributed by atoms with van der Waals surface area (Å²) in [5.41, 5.74) is 26.8. The maximum Gasteiger partial charge on any atom is 0.326 e. The molecule has 2 amide bonds. The van der Waals surface area contributed by atoms with Crippen LogP contribution in [-0.4, -0.2) is 66.0 Å². The predicted molar refractivity (Wildman–Crippen MR) is 114 cm³/mol. The smallest absolute Gasteiger partial charge is 0.326 e. The molecule has 0 spiro atoms. The molecule has 3 unspecified atom stereocenters. The number of nitrogens with one attached hydrogen (secondary N) is 2. The van der Waals surface area contributed by atoms with E-state index < -0.39 is 35.9 Å². The molecule has 0 aromatic heterocycles. The molecule has 0 heterocycles. The molecule has 3 atom stereocenters. The van der Waals surface area contributed by atoms with Crippen molar-refractivity contribution in [3.8, 4) is 0 Å². The summed E-state index contributed by atoms with van der Waals surface area (Å²) in [6.07, 6.45) is 1.03. The molecule has 0 aliphatic heterocycles. The van der Waals surface area contributed by atoms with E-state index in [1.807, 2.05) is 0 Å². The Kier molecular flexibility index (Phi) is 12.5. The van der Waals surface area contributed by atoms with Crippen molar-refractivity contribution in [2.24, 2.45) is 44.6 Å². The lowest BCUT2D eigenvalue weighted by Crippen LogP contribution is -2.55. The van der Waals surface area contributed by atoms with E-state index in [1.54, 1.807) is 13.8 Å². The van der Waals surface area contributed by atoms with Gasteiger partial charge in [-0.2, -0.15) is 0 Å². The van der Waals surface area contributed by atoms with Gasteiger partial charge in [0.1, 0.15) is 12.1 Å². The van der Waals surface area contributed by atoms with Crippen molar-refractivity contribution >= 4 is 29.7 Å². The third-order valence-corrected chi connectivity index (χ3v) is 4.16. The summed E-state index contributed by atoms with van der Waals surface area (Å²) >= 11 is 0. The van der Waals surface area contributed by atoms with E-state index in [1.165, 1.54) is 0 Å². The van der Waals surface area contributed by atoms with Crippen molar-refractivity contribution in [2.75, 3.05) is 13.1 Å². The van der Waals surface area contributed by atoms with E-state index in [-0.39, 0.29) is 43.8 Å². The summed E-state index contributed by atoms with van der Waals surface area (Å²) in [4.78, 5) is 44.1. The number of carbonyl (C=O) groups is 3. The molecule has 0 radical (unpaired) electrons. The standard InChI is InChI=1S/C17H35N9O4/c1-9(2)12(18)14(28)25-10(5-3-7-23-16(19)20)13(27)26-11(15(29)30)6-4-8-24-17(21)22/h9-12H,3-8,18H2,1-2H3,(H,25,28)(H,26,27)(H,29,30)(H4,19,20,23)(H4,21,22,24). The minimum absolute atomic E-state index is 0.0893. The molecule has 0 saturated heterocycles. The number of carboxylic acid groups (broad SMARTS) is 1. The summed E-state index contributed by atoms with van der Waals surface area (Å²) in [6.45, 7) is 4.02. The highest BCUT2D eigenvalue weighted by atomic mass is 16.4. The number of hydrogen-bond acceptors (Lipinski definition) is 6. The van der Waals surface area contributed by atoms with Crippen LogP contribution in [0.5, 0.6) is 0 Å². The normalized spacial score (nSPS) is 13.6. The molecule has 0 aliphatic rings. The van der Waals surface area contributed by atoms with Crippen LogP contribution in [0, 0.1) is 5.92 Å². The number of aliphatic carboxylic acids is 1. The topological polar surface area (TPSA) is 250 Å². The monoisotopic (exact) mass is 429 g/mol. The number of amides is 2. The van der Waals surface area contributed by atoms with E-state index >= 15 is 0 Å². The molecule has 0 aliphatic carbocycles. The second-order valence-corrected chi connectivity index (χ2v) is 7.13. The van der Waals surface area contributed by atoms with Crippen LogP contribution in [0.1, 0.15) is 39.5 Å². The number of rotatable bonds is 14. The van der Waals surface area contributed by atoms with E-state index in [4.69, 9.17) is 28.7 Å². The van der Waals surface area contributed by atoms with E-state index in [0.717, 1.165) is 0 Å². The largest absolute Gasteiger partial charge is 0.480 e. The van der Waals surface area contributed by atoms with Gasteiger partial charge in [-0.25, -0.2) is 4.79 Å². The lowest BCUT2D eigenvalue weighted by molar-refractivity contribution is -0.142. The third kappa shape index (κ3) is 11.7. The lowest BCUT2D eigenvalue weighted by atomic mass is 10.0. The molecule has 13 heteroatoms. The van der Waals surface area contributed by atoms with E-state index in [9.17, 15) is 19.5 Å². The highest BCUT2D eigenvalue weighted by Gasteiger charge is 2.28. The first-order valence-electron chi connectivity index (χ1n) is 9.65. The summed E-state index contributed by atoms with van der Waals surface area (Å²) < 4.78 is 0. The average molecular weight is 430 g/mol. The number of nitrogens with zero attached hydrogens (tertiary/aromatic N) is 2. The highest BCUT2D eigenvalue weighted by Crippen LogP contribution is 2.05. The number of carbonyl (C=O) groups excluding carboxylic acids is 2. The van der Waals surface area contributed by atoms with Crippen LogP contribution < -0.4 is 39.3 Å². The Morgan fingerprint density at radius 1 is 0.833 bits per heavy atom. The van der Waals surface area contributed by atoms with Gasteiger partial charge in [-0.1, -0.05) is 13.8 Å². The zero-order valence-electron chi connectivity index (χ0n) is 17.5. The zero-order chi connectivity index (χ0) is 23.3. The van der Waals surface area contributed by atoms with Crippen LogP contribution in [0.4, 0.5) is 0 Å². The fourth-order valence-corrected chi connectivity index (χ4v) is 2.38. The van der Waals surface area contributed by atoms with Crippen LogP contribution in [0.25, 0.3) is 0 Å².